The van der Waals surface area contributed by atoms with Gasteiger partial charge in [-0.2, -0.15) is 0 Å². The first-order valence-electron chi connectivity index (χ1n) is 4.80. The lowest BCUT2D eigenvalue weighted by atomic mass is 10.1. The van der Waals surface area contributed by atoms with Crippen molar-refractivity contribution in [2.75, 3.05) is 0 Å². The van der Waals surface area contributed by atoms with Gasteiger partial charge in [-0.25, -0.2) is 0 Å². The molecule has 0 aliphatic heterocycles. The van der Waals surface area contributed by atoms with Crippen molar-refractivity contribution in [1.29, 1.82) is 0 Å². The maximum atomic E-state index is 3.68. The van der Waals surface area contributed by atoms with Gasteiger partial charge in [-0.3, -0.25) is 0 Å². The van der Waals surface area contributed by atoms with Crippen LogP contribution in [0.15, 0.2) is 41.8 Å². The summed E-state index contributed by atoms with van der Waals surface area (Å²) in [5.74, 6) is 0. The van der Waals surface area contributed by atoms with Crippen LogP contribution in [0.1, 0.15) is 12.0 Å². The van der Waals surface area contributed by atoms with Crippen molar-refractivity contribution >= 4 is 21.4 Å². The summed E-state index contributed by atoms with van der Waals surface area (Å²) < 4.78 is 1.38. The second-order valence-corrected chi connectivity index (χ2v) is 4.25. The molecule has 1 aromatic carbocycles. The summed E-state index contributed by atoms with van der Waals surface area (Å²) in [5, 5.41) is 3.51. The minimum absolute atomic E-state index is 1.08. The van der Waals surface area contributed by atoms with Gasteiger partial charge in [0.25, 0.3) is 0 Å². The van der Waals surface area contributed by atoms with Crippen molar-refractivity contribution in [1.82, 2.24) is 0 Å². The summed E-state index contributed by atoms with van der Waals surface area (Å²) in [6.07, 6.45) is 6.16. The van der Waals surface area contributed by atoms with Gasteiger partial charge < -0.3 is 0 Å². The van der Waals surface area contributed by atoms with Gasteiger partial charge in [-0.05, 0) is 48.2 Å². The molecule has 0 bridgehead atoms. The van der Waals surface area contributed by atoms with Gasteiger partial charge in [-0.15, -0.1) is 11.3 Å². The topological polar surface area (TPSA) is 0 Å². The zero-order valence-corrected chi connectivity index (χ0v) is 8.89. The molecule has 0 aliphatic rings. The van der Waals surface area contributed by atoms with Crippen LogP contribution < -0.4 is 0 Å². The molecule has 1 heteroatoms. The Bertz CT molecular complexity index is 437. The van der Waals surface area contributed by atoms with Gasteiger partial charge in [0.05, 0.1) is 0 Å². The van der Waals surface area contributed by atoms with Crippen molar-refractivity contribution in [2.45, 2.75) is 12.8 Å². The van der Waals surface area contributed by atoms with Crippen LogP contribution in [0.5, 0.6) is 0 Å². The predicted octanol–water partition coefficient (Wildman–Crippen LogP) is 4.22. The van der Waals surface area contributed by atoms with E-state index in [0.717, 1.165) is 12.8 Å². The maximum Gasteiger partial charge on any atom is 0.0342 e. The van der Waals surface area contributed by atoms with Crippen LogP contribution in [-0.2, 0) is 6.42 Å². The Balaban J connectivity index is 2.17. The molecule has 1 radical (unpaired) electrons. The van der Waals surface area contributed by atoms with E-state index in [2.05, 4.69) is 42.6 Å². The first-order chi connectivity index (χ1) is 6.90. The Morgan fingerprint density at radius 1 is 1.29 bits per heavy atom. The third-order valence-corrected chi connectivity index (χ3v) is 3.18. The second kappa shape index (κ2) is 4.43. The minimum atomic E-state index is 1.08. The predicted molar refractivity (Wildman–Crippen MR) is 64.6 cm³/mol. The molecule has 0 fully saturated rings. The van der Waals surface area contributed by atoms with Crippen LogP contribution >= 0.6 is 11.3 Å². The van der Waals surface area contributed by atoms with Crippen LogP contribution in [0.2, 0.25) is 0 Å². The number of allylic oxidation sites excluding steroid dienone is 2. The molecular weight excluding hydrogens is 188 g/mol. The smallest absolute Gasteiger partial charge is 0.0342 e. The summed E-state index contributed by atoms with van der Waals surface area (Å²) >= 11 is 1.80. The molecule has 0 nitrogen and oxygen atoms in total. The zero-order valence-electron chi connectivity index (χ0n) is 8.07. The van der Waals surface area contributed by atoms with Gasteiger partial charge in [0.2, 0.25) is 0 Å². The van der Waals surface area contributed by atoms with E-state index < -0.39 is 0 Å². The number of benzene rings is 1. The monoisotopic (exact) mass is 201 g/mol. The molecule has 71 valence electrons. The molecule has 0 amide bonds. The van der Waals surface area contributed by atoms with Gasteiger partial charge >= 0.3 is 0 Å². The summed E-state index contributed by atoms with van der Waals surface area (Å²) in [5.41, 5.74) is 1.41. The van der Waals surface area contributed by atoms with Crippen LogP contribution in [0.4, 0.5) is 0 Å². The Hall–Kier alpha value is -1.08. The van der Waals surface area contributed by atoms with Crippen molar-refractivity contribution in [2.24, 2.45) is 0 Å². The molecule has 14 heavy (non-hydrogen) atoms. The van der Waals surface area contributed by atoms with Crippen LogP contribution in [0, 0.1) is 6.92 Å². The molecule has 1 heterocycles. The molecule has 1 aromatic heterocycles. The highest BCUT2D eigenvalue weighted by molar-refractivity contribution is 7.17. The second-order valence-electron chi connectivity index (χ2n) is 3.30. The van der Waals surface area contributed by atoms with Gasteiger partial charge in [0.1, 0.15) is 0 Å². The summed E-state index contributed by atoms with van der Waals surface area (Å²) in [4.78, 5) is 0. The first-order valence-corrected chi connectivity index (χ1v) is 5.68. The number of thiophene rings is 1. The highest BCUT2D eigenvalue weighted by atomic mass is 32.1. The molecular formula is C13H13S. The molecule has 0 aliphatic carbocycles. The highest BCUT2D eigenvalue weighted by Gasteiger charge is 1.96. The van der Waals surface area contributed by atoms with Crippen molar-refractivity contribution in [3.05, 3.63) is 54.3 Å². The molecule has 0 saturated carbocycles. The third kappa shape index (κ3) is 2.05. The van der Waals surface area contributed by atoms with E-state index in [-0.39, 0.29) is 0 Å². The lowest BCUT2D eigenvalue weighted by Crippen LogP contribution is -1.81. The Morgan fingerprint density at radius 3 is 3.07 bits per heavy atom. The fourth-order valence-electron chi connectivity index (χ4n) is 1.54. The molecule has 2 rings (SSSR count). The SMILES string of the molecule is [CH2]C=CCCc1ccc2sccc2c1. The van der Waals surface area contributed by atoms with Gasteiger partial charge in [0.15, 0.2) is 0 Å². The van der Waals surface area contributed by atoms with E-state index in [0.29, 0.717) is 0 Å². The van der Waals surface area contributed by atoms with Gasteiger partial charge in [-0.1, -0.05) is 24.3 Å². The van der Waals surface area contributed by atoms with E-state index in [4.69, 9.17) is 0 Å². The summed E-state index contributed by atoms with van der Waals surface area (Å²) in [7, 11) is 0. The fourth-order valence-corrected chi connectivity index (χ4v) is 2.31. The lowest BCUT2D eigenvalue weighted by Gasteiger charge is -1.98. The largest absolute Gasteiger partial charge is 0.144 e. The van der Waals surface area contributed by atoms with E-state index in [1.807, 2.05) is 6.08 Å². The Labute approximate surface area is 88.9 Å². The van der Waals surface area contributed by atoms with E-state index in [1.165, 1.54) is 15.6 Å². The third-order valence-electron chi connectivity index (χ3n) is 2.28. The quantitative estimate of drug-likeness (QED) is 0.697. The fraction of sp³-hybridized carbons (Fsp3) is 0.154. The number of aryl methyl sites for hydroxylation is 1. The molecule has 0 saturated heterocycles. The average Bonchev–Trinajstić information content (AvgIpc) is 2.65. The number of rotatable bonds is 3. The van der Waals surface area contributed by atoms with E-state index in [1.54, 1.807) is 11.3 Å². The van der Waals surface area contributed by atoms with Gasteiger partial charge in [0, 0.05) is 4.70 Å². The zero-order chi connectivity index (χ0) is 9.80. The molecule has 0 atom stereocenters. The number of hydrogen-bond acceptors (Lipinski definition) is 1. The molecule has 0 unspecified atom stereocenters. The van der Waals surface area contributed by atoms with Crippen molar-refractivity contribution < 1.29 is 0 Å². The lowest BCUT2D eigenvalue weighted by molar-refractivity contribution is 1.00. The minimum Gasteiger partial charge on any atom is -0.144 e. The Kier molecular flexibility index (Phi) is 3.00. The van der Waals surface area contributed by atoms with Crippen molar-refractivity contribution in [3.63, 3.8) is 0 Å². The maximum absolute atomic E-state index is 3.68. The van der Waals surface area contributed by atoms with Crippen LogP contribution in [0.25, 0.3) is 10.1 Å². The first kappa shape index (κ1) is 9.47. The summed E-state index contributed by atoms with van der Waals surface area (Å²) in [6.45, 7) is 3.68. The highest BCUT2D eigenvalue weighted by Crippen LogP contribution is 2.22. The molecule has 2 aromatic rings. The van der Waals surface area contributed by atoms with E-state index in [9.17, 15) is 0 Å². The normalized spacial score (nSPS) is 11.5. The molecule has 0 spiro atoms. The molecule has 0 N–H and O–H groups in total. The van der Waals surface area contributed by atoms with Crippen molar-refractivity contribution in [3.8, 4) is 0 Å². The standard InChI is InChI=1S/C13H13S/c1-2-3-4-5-11-6-7-13-12(10-11)8-9-14-13/h2-3,6-10H,1,4-5H2. The Morgan fingerprint density at radius 2 is 2.21 bits per heavy atom. The average molecular weight is 201 g/mol. The van der Waals surface area contributed by atoms with Crippen LogP contribution in [0.3, 0.4) is 0 Å². The van der Waals surface area contributed by atoms with Crippen LogP contribution in [-0.4, -0.2) is 0 Å². The number of hydrogen-bond donors (Lipinski definition) is 0. The van der Waals surface area contributed by atoms with E-state index >= 15 is 0 Å². The summed E-state index contributed by atoms with van der Waals surface area (Å²) in [6, 6.07) is 8.89. The number of fused-ring (bicyclic) bond motifs is 1.